The van der Waals surface area contributed by atoms with Crippen molar-refractivity contribution in [1.29, 1.82) is 0 Å². The van der Waals surface area contributed by atoms with Gasteiger partial charge in [0.05, 0.1) is 23.7 Å². The van der Waals surface area contributed by atoms with Crippen molar-refractivity contribution in [2.45, 2.75) is 18.6 Å². The number of rotatable bonds is 5. The Morgan fingerprint density at radius 3 is 2.38 bits per heavy atom. The van der Waals surface area contributed by atoms with Crippen molar-refractivity contribution < 1.29 is 31.1 Å². The van der Waals surface area contributed by atoms with Gasteiger partial charge in [0.15, 0.2) is 9.84 Å². The van der Waals surface area contributed by atoms with Gasteiger partial charge in [-0.3, -0.25) is 4.79 Å². The number of amides is 1. The van der Waals surface area contributed by atoms with Crippen LogP contribution in [0.2, 0.25) is 0 Å². The van der Waals surface area contributed by atoms with Gasteiger partial charge in [-0.05, 0) is 30.7 Å². The van der Waals surface area contributed by atoms with Crippen molar-refractivity contribution in [3.63, 3.8) is 0 Å². The number of ether oxygens (including phenoxy) is 1. The fourth-order valence-electron chi connectivity index (χ4n) is 2.63. The van der Waals surface area contributed by atoms with Crippen LogP contribution in [0.25, 0.3) is 0 Å². The monoisotopic (exact) mass is 365 g/mol. The molecule has 1 unspecified atom stereocenters. The normalized spacial score (nSPS) is 20.1. The van der Waals surface area contributed by atoms with Crippen molar-refractivity contribution in [3.8, 4) is 0 Å². The topological polar surface area (TPSA) is 63.7 Å². The van der Waals surface area contributed by atoms with Crippen molar-refractivity contribution in [1.82, 2.24) is 4.90 Å². The molecule has 1 fully saturated rings. The van der Waals surface area contributed by atoms with E-state index in [1.165, 1.54) is 12.0 Å². The number of hydrogen-bond acceptors (Lipinski definition) is 4. The second-order valence-electron chi connectivity index (χ2n) is 5.62. The number of hydrogen-bond donors (Lipinski definition) is 0. The highest BCUT2D eigenvalue weighted by Crippen LogP contribution is 2.29. The standard InChI is InChI=1S/C15H18F3NO4S/c1-23-8-7-19(13-6-9-24(21,22)10-13)14(20)11-2-4-12(5-3-11)15(16,17)18/h2-5,13H,6-10H2,1H3. The summed E-state index contributed by atoms with van der Waals surface area (Å²) in [5, 5.41) is 0. The van der Waals surface area contributed by atoms with Crippen LogP contribution in [0.5, 0.6) is 0 Å². The van der Waals surface area contributed by atoms with E-state index in [1.807, 2.05) is 0 Å². The molecule has 1 heterocycles. The first kappa shape index (κ1) is 18.7. The summed E-state index contributed by atoms with van der Waals surface area (Å²) in [6.07, 6.45) is -4.16. The molecule has 0 radical (unpaired) electrons. The van der Waals surface area contributed by atoms with E-state index < -0.39 is 33.5 Å². The molecule has 0 N–H and O–H groups in total. The number of benzene rings is 1. The molecule has 0 spiro atoms. The van der Waals surface area contributed by atoms with Gasteiger partial charge in [0, 0.05) is 25.3 Å². The lowest BCUT2D eigenvalue weighted by Crippen LogP contribution is -2.43. The highest BCUT2D eigenvalue weighted by molar-refractivity contribution is 7.91. The van der Waals surface area contributed by atoms with E-state index in [9.17, 15) is 26.4 Å². The lowest BCUT2D eigenvalue weighted by Gasteiger charge is -2.28. The van der Waals surface area contributed by atoms with E-state index in [2.05, 4.69) is 0 Å². The predicted octanol–water partition coefficient (Wildman–Crippen LogP) is 1.98. The molecule has 1 aliphatic heterocycles. The highest BCUT2D eigenvalue weighted by atomic mass is 32.2. The number of methoxy groups -OCH3 is 1. The Bertz CT molecular complexity index is 686. The summed E-state index contributed by atoms with van der Waals surface area (Å²) in [6.45, 7) is 0.388. The molecular formula is C15H18F3NO4S. The number of carbonyl (C=O) groups is 1. The molecule has 1 aliphatic rings. The number of alkyl halides is 3. The zero-order valence-electron chi connectivity index (χ0n) is 13.0. The van der Waals surface area contributed by atoms with Crippen LogP contribution in [0.15, 0.2) is 24.3 Å². The van der Waals surface area contributed by atoms with Crippen molar-refractivity contribution in [2.75, 3.05) is 31.8 Å². The molecule has 1 atom stereocenters. The molecule has 0 saturated carbocycles. The van der Waals surface area contributed by atoms with Crippen LogP contribution in [-0.4, -0.2) is 57.0 Å². The summed E-state index contributed by atoms with van der Waals surface area (Å²) in [7, 11) is -1.74. The Hall–Kier alpha value is -1.61. The van der Waals surface area contributed by atoms with Crippen LogP contribution in [-0.2, 0) is 20.8 Å². The second kappa shape index (κ2) is 7.10. The zero-order valence-corrected chi connectivity index (χ0v) is 13.9. The first-order valence-electron chi connectivity index (χ1n) is 7.31. The van der Waals surface area contributed by atoms with Gasteiger partial charge in [-0.15, -0.1) is 0 Å². The first-order valence-corrected chi connectivity index (χ1v) is 9.14. The average molecular weight is 365 g/mol. The number of nitrogens with zero attached hydrogens (tertiary/aromatic N) is 1. The molecule has 0 aromatic heterocycles. The molecule has 0 aliphatic carbocycles. The van der Waals surface area contributed by atoms with Gasteiger partial charge in [0.1, 0.15) is 0 Å². The fourth-order valence-corrected chi connectivity index (χ4v) is 4.36. The van der Waals surface area contributed by atoms with Gasteiger partial charge in [-0.2, -0.15) is 13.2 Å². The summed E-state index contributed by atoms with van der Waals surface area (Å²) in [5.41, 5.74) is -0.755. The van der Waals surface area contributed by atoms with Crippen molar-refractivity contribution >= 4 is 15.7 Å². The minimum atomic E-state index is -4.48. The number of halogens is 3. The van der Waals surface area contributed by atoms with Gasteiger partial charge in [0.2, 0.25) is 0 Å². The second-order valence-corrected chi connectivity index (χ2v) is 7.85. The van der Waals surface area contributed by atoms with E-state index in [-0.39, 0.29) is 30.2 Å². The minimum absolute atomic E-state index is 0.00143. The third kappa shape index (κ3) is 4.47. The molecule has 5 nitrogen and oxygen atoms in total. The summed E-state index contributed by atoms with van der Waals surface area (Å²) in [4.78, 5) is 14.0. The van der Waals surface area contributed by atoms with Gasteiger partial charge in [-0.25, -0.2) is 8.42 Å². The molecule has 134 valence electrons. The van der Waals surface area contributed by atoms with Crippen molar-refractivity contribution in [2.24, 2.45) is 0 Å². The molecule has 2 rings (SSSR count). The van der Waals surface area contributed by atoms with E-state index in [0.717, 1.165) is 24.3 Å². The SMILES string of the molecule is COCCN(C(=O)c1ccc(C(F)(F)F)cc1)C1CCS(=O)(=O)C1. The van der Waals surface area contributed by atoms with Crippen LogP contribution >= 0.6 is 0 Å². The van der Waals surface area contributed by atoms with Crippen molar-refractivity contribution in [3.05, 3.63) is 35.4 Å². The van der Waals surface area contributed by atoms with E-state index in [0.29, 0.717) is 6.42 Å². The smallest absolute Gasteiger partial charge is 0.383 e. The Balaban J connectivity index is 2.21. The molecule has 9 heteroatoms. The molecule has 1 saturated heterocycles. The Morgan fingerprint density at radius 2 is 1.92 bits per heavy atom. The van der Waals surface area contributed by atoms with Crippen LogP contribution in [0, 0.1) is 0 Å². The lowest BCUT2D eigenvalue weighted by molar-refractivity contribution is -0.137. The van der Waals surface area contributed by atoms with E-state index in [4.69, 9.17) is 4.74 Å². The Labute approximate surface area is 138 Å². The van der Waals surface area contributed by atoms with Crippen LogP contribution in [0.3, 0.4) is 0 Å². The molecule has 1 amide bonds. The fraction of sp³-hybridized carbons (Fsp3) is 0.533. The van der Waals surface area contributed by atoms with Crippen LogP contribution < -0.4 is 0 Å². The van der Waals surface area contributed by atoms with Gasteiger partial charge in [-0.1, -0.05) is 0 Å². The third-order valence-electron chi connectivity index (χ3n) is 3.91. The summed E-state index contributed by atoms with van der Waals surface area (Å²) >= 11 is 0. The van der Waals surface area contributed by atoms with E-state index >= 15 is 0 Å². The summed E-state index contributed by atoms with van der Waals surface area (Å²) < 4.78 is 66.0. The van der Waals surface area contributed by atoms with Crippen LogP contribution in [0.4, 0.5) is 13.2 Å². The van der Waals surface area contributed by atoms with Crippen LogP contribution in [0.1, 0.15) is 22.3 Å². The average Bonchev–Trinajstić information content (AvgIpc) is 2.86. The minimum Gasteiger partial charge on any atom is -0.383 e. The largest absolute Gasteiger partial charge is 0.416 e. The van der Waals surface area contributed by atoms with Gasteiger partial charge < -0.3 is 9.64 Å². The molecule has 1 aromatic carbocycles. The molecule has 24 heavy (non-hydrogen) atoms. The first-order chi connectivity index (χ1) is 11.1. The maximum absolute atomic E-state index is 12.6. The zero-order chi connectivity index (χ0) is 18.0. The molecular weight excluding hydrogens is 347 g/mol. The Kier molecular flexibility index (Phi) is 5.54. The number of sulfone groups is 1. The van der Waals surface area contributed by atoms with E-state index in [1.54, 1.807) is 0 Å². The summed E-state index contributed by atoms with van der Waals surface area (Å²) in [5.74, 6) is -0.632. The third-order valence-corrected chi connectivity index (χ3v) is 5.66. The van der Waals surface area contributed by atoms with Gasteiger partial charge >= 0.3 is 6.18 Å². The molecule has 0 bridgehead atoms. The maximum Gasteiger partial charge on any atom is 0.416 e. The maximum atomic E-state index is 12.6. The highest BCUT2D eigenvalue weighted by Gasteiger charge is 2.35. The quantitative estimate of drug-likeness (QED) is 0.801. The van der Waals surface area contributed by atoms with Gasteiger partial charge in [0.25, 0.3) is 5.91 Å². The predicted molar refractivity (Wildman–Crippen MR) is 81.4 cm³/mol. The lowest BCUT2D eigenvalue weighted by atomic mass is 10.1. The Morgan fingerprint density at radius 1 is 1.29 bits per heavy atom. The molecule has 1 aromatic rings. The summed E-state index contributed by atoms with van der Waals surface area (Å²) in [6, 6.07) is 3.41. The number of carbonyl (C=O) groups excluding carboxylic acids is 1.